The summed E-state index contributed by atoms with van der Waals surface area (Å²) >= 11 is 0. The van der Waals surface area contributed by atoms with Crippen LogP contribution in [0.2, 0.25) is 0 Å². The average Bonchev–Trinajstić information content (AvgIpc) is 3.42. The standard InChI is InChI=1S/C31H39N5O2/c1-2-10-25-20-28(36-18-17-27(21-36)32-24-14-7-4-8-15-24)35-31(33-25)34-26-16-9-13-23(19-26)30(38)29(37)22-11-5-3-6-12-22/h3,5-6,9,11-13,16,19-20,24,27,30,32,38H,2,4,7-8,10,14-15,17-18,21H2,1H3,(H,33,34,35)/t27?,30-/m0/s1. The second-order valence-electron chi connectivity index (χ2n) is 10.6. The molecule has 200 valence electrons. The van der Waals surface area contributed by atoms with E-state index in [1.54, 1.807) is 36.4 Å². The number of nitrogens with one attached hydrogen (secondary N) is 2. The van der Waals surface area contributed by atoms with Gasteiger partial charge in [-0.05, 0) is 43.4 Å². The van der Waals surface area contributed by atoms with Crippen LogP contribution in [0.25, 0.3) is 0 Å². The van der Waals surface area contributed by atoms with Crippen molar-refractivity contribution in [1.29, 1.82) is 0 Å². The first-order valence-electron chi connectivity index (χ1n) is 14.1. The molecule has 1 saturated heterocycles. The Labute approximate surface area is 225 Å². The van der Waals surface area contributed by atoms with Crippen molar-refractivity contribution in [3.8, 4) is 0 Å². The highest BCUT2D eigenvalue weighted by Gasteiger charge is 2.27. The number of hydrogen-bond acceptors (Lipinski definition) is 7. The van der Waals surface area contributed by atoms with Crippen molar-refractivity contribution in [3.05, 3.63) is 77.5 Å². The Hall–Kier alpha value is -3.29. The number of rotatable bonds is 10. The van der Waals surface area contributed by atoms with E-state index in [-0.39, 0.29) is 5.78 Å². The summed E-state index contributed by atoms with van der Waals surface area (Å²) in [5.74, 6) is 1.17. The lowest BCUT2D eigenvalue weighted by molar-refractivity contribution is 0.0747. The first kappa shape index (κ1) is 26.3. The summed E-state index contributed by atoms with van der Waals surface area (Å²) in [6.07, 6.45) is 8.42. The van der Waals surface area contributed by atoms with Crippen molar-refractivity contribution in [2.75, 3.05) is 23.3 Å². The second-order valence-corrected chi connectivity index (χ2v) is 10.6. The van der Waals surface area contributed by atoms with Gasteiger partial charge in [-0.25, -0.2) is 4.98 Å². The van der Waals surface area contributed by atoms with Gasteiger partial charge in [0.1, 0.15) is 11.9 Å². The fourth-order valence-corrected chi connectivity index (χ4v) is 5.62. The van der Waals surface area contributed by atoms with Crippen LogP contribution in [0.1, 0.15) is 79.6 Å². The Morgan fingerprint density at radius 2 is 1.82 bits per heavy atom. The molecule has 2 heterocycles. The molecule has 7 nitrogen and oxygen atoms in total. The summed E-state index contributed by atoms with van der Waals surface area (Å²) in [6, 6.07) is 19.4. The fourth-order valence-electron chi connectivity index (χ4n) is 5.62. The van der Waals surface area contributed by atoms with Crippen LogP contribution >= 0.6 is 0 Å². The Morgan fingerprint density at radius 1 is 1.00 bits per heavy atom. The van der Waals surface area contributed by atoms with E-state index < -0.39 is 6.10 Å². The molecular formula is C31H39N5O2. The number of nitrogens with zero attached hydrogens (tertiary/aromatic N) is 3. The topological polar surface area (TPSA) is 90.4 Å². The van der Waals surface area contributed by atoms with Gasteiger partial charge in [0.25, 0.3) is 0 Å². The van der Waals surface area contributed by atoms with Gasteiger partial charge in [0.2, 0.25) is 5.95 Å². The molecule has 1 aliphatic carbocycles. The largest absolute Gasteiger partial charge is 0.380 e. The van der Waals surface area contributed by atoms with Gasteiger partial charge in [-0.2, -0.15) is 4.98 Å². The van der Waals surface area contributed by atoms with Crippen molar-refractivity contribution >= 4 is 23.2 Å². The molecule has 1 aromatic heterocycles. The molecule has 1 unspecified atom stereocenters. The monoisotopic (exact) mass is 513 g/mol. The Balaban J connectivity index is 1.30. The van der Waals surface area contributed by atoms with Gasteiger partial charge in [0, 0.05) is 48.2 Å². The van der Waals surface area contributed by atoms with Crippen LogP contribution in [0.3, 0.4) is 0 Å². The molecule has 2 aliphatic rings. The molecule has 3 aromatic rings. The van der Waals surface area contributed by atoms with E-state index in [9.17, 15) is 9.90 Å². The van der Waals surface area contributed by atoms with Gasteiger partial charge in [-0.15, -0.1) is 0 Å². The first-order chi connectivity index (χ1) is 18.6. The van der Waals surface area contributed by atoms with Crippen LogP contribution in [0.15, 0.2) is 60.7 Å². The lowest BCUT2D eigenvalue weighted by Gasteiger charge is -2.26. The highest BCUT2D eigenvalue weighted by molar-refractivity contribution is 5.99. The van der Waals surface area contributed by atoms with Crippen molar-refractivity contribution in [2.24, 2.45) is 0 Å². The smallest absolute Gasteiger partial charge is 0.229 e. The lowest BCUT2D eigenvalue weighted by atomic mass is 9.95. The number of benzene rings is 2. The molecule has 2 atom stereocenters. The molecule has 1 saturated carbocycles. The summed E-state index contributed by atoms with van der Waals surface area (Å²) in [5.41, 5.74) is 2.77. The number of carbonyl (C=O) groups is 1. The average molecular weight is 514 g/mol. The summed E-state index contributed by atoms with van der Waals surface area (Å²) < 4.78 is 0. The zero-order chi connectivity index (χ0) is 26.3. The number of aliphatic hydroxyl groups is 1. The number of Topliss-reactive ketones (excluding diaryl/α,β-unsaturated/α-hetero) is 1. The maximum Gasteiger partial charge on any atom is 0.229 e. The summed E-state index contributed by atoms with van der Waals surface area (Å²) in [5, 5.41) is 18.0. The fraction of sp³-hybridized carbons (Fsp3) is 0.452. The maximum absolute atomic E-state index is 12.8. The number of hydrogen-bond donors (Lipinski definition) is 3. The molecule has 7 heteroatoms. The summed E-state index contributed by atoms with van der Waals surface area (Å²) in [6.45, 7) is 4.10. The molecule has 2 aromatic carbocycles. The van der Waals surface area contributed by atoms with Crippen LogP contribution in [0.4, 0.5) is 17.5 Å². The first-order valence-corrected chi connectivity index (χ1v) is 14.1. The van der Waals surface area contributed by atoms with Crippen LogP contribution in [0.5, 0.6) is 0 Å². The molecule has 3 N–H and O–H groups in total. The minimum Gasteiger partial charge on any atom is -0.380 e. The molecule has 0 radical (unpaired) electrons. The maximum atomic E-state index is 12.8. The number of aromatic nitrogens is 2. The Kier molecular flexibility index (Phi) is 8.66. The molecule has 38 heavy (non-hydrogen) atoms. The molecule has 5 rings (SSSR count). The molecule has 1 aliphatic heterocycles. The van der Waals surface area contributed by atoms with E-state index in [2.05, 4.69) is 28.5 Å². The zero-order valence-corrected chi connectivity index (χ0v) is 22.3. The van der Waals surface area contributed by atoms with Crippen molar-refractivity contribution in [3.63, 3.8) is 0 Å². The molecule has 0 spiro atoms. The number of aliphatic hydroxyl groups excluding tert-OH is 1. The van der Waals surface area contributed by atoms with E-state index in [4.69, 9.17) is 9.97 Å². The highest BCUT2D eigenvalue weighted by atomic mass is 16.3. The van der Waals surface area contributed by atoms with E-state index in [1.165, 1.54) is 32.1 Å². The van der Waals surface area contributed by atoms with E-state index in [0.29, 0.717) is 29.2 Å². The second kappa shape index (κ2) is 12.5. The predicted octanol–water partition coefficient (Wildman–Crippen LogP) is 5.59. The van der Waals surface area contributed by atoms with Crippen LogP contribution < -0.4 is 15.5 Å². The number of ketones is 1. The van der Waals surface area contributed by atoms with Gasteiger partial charge in [0.05, 0.1) is 0 Å². The lowest BCUT2D eigenvalue weighted by Crippen LogP contribution is -2.41. The molecular weight excluding hydrogens is 474 g/mol. The van der Waals surface area contributed by atoms with Crippen molar-refractivity contribution < 1.29 is 9.90 Å². The Morgan fingerprint density at radius 3 is 2.61 bits per heavy atom. The van der Waals surface area contributed by atoms with E-state index in [0.717, 1.165) is 49.6 Å². The third-order valence-electron chi connectivity index (χ3n) is 7.63. The third kappa shape index (κ3) is 6.58. The minimum absolute atomic E-state index is 0.323. The van der Waals surface area contributed by atoms with Gasteiger partial charge in [0.15, 0.2) is 5.78 Å². The van der Waals surface area contributed by atoms with Crippen molar-refractivity contribution in [2.45, 2.75) is 76.5 Å². The van der Waals surface area contributed by atoms with Gasteiger partial charge >= 0.3 is 0 Å². The van der Waals surface area contributed by atoms with Crippen LogP contribution in [-0.4, -0.2) is 46.0 Å². The van der Waals surface area contributed by atoms with Gasteiger partial charge < -0.3 is 20.6 Å². The van der Waals surface area contributed by atoms with Crippen LogP contribution in [-0.2, 0) is 6.42 Å². The third-order valence-corrected chi connectivity index (χ3v) is 7.63. The van der Waals surface area contributed by atoms with E-state index in [1.807, 2.05) is 18.2 Å². The highest BCUT2D eigenvalue weighted by Crippen LogP contribution is 2.26. The molecule has 0 amide bonds. The molecule has 0 bridgehead atoms. The minimum atomic E-state index is -1.24. The zero-order valence-electron chi connectivity index (χ0n) is 22.3. The Bertz CT molecular complexity index is 1210. The van der Waals surface area contributed by atoms with E-state index >= 15 is 0 Å². The summed E-state index contributed by atoms with van der Waals surface area (Å²) in [4.78, 5) is 24.8. The number of anilines is 3. The number of aryl methyl sites for hydroxylation is 1. The SMILES string of the molecule is CCCc1cc(N2CCC(NC3CCCCC3)C2)nc(Nc2cccc([C@H](O)C(=O)c3ccccc3)c2)n1. The number of carbonyl (C=O) groups excluding carboxylic acids is 1. The summed E-state index contributed by atoms with van der Waals surface area (Å²) in [7, 11) is 0. The normalized spacial score (nSPS) is 18.9. The van der Waals surface area contributed by atoms with Crippen LogP contribution in [0, 0.1) is 0 Å². The quantitative estimate of drug-likeness (QED) is 0.305. The van der Waals surface area contributed by atoms with Crippen molar-refractivity contribution in [1.82, 2.24) is 15.3 Å². The predicted molar refractivity (Wildman–Crippen MR) is 152 cm³/mol. The van der Waals surface area contributed by atoms with Gasteiger partial charge in [-0.1, -0.05) is 75.1 Å². The molecule has 2 fully saturated rings. The van der Waals surface area contributed by atoms with Gasteiger partial charge in [-0.3, -0.25) is 4.79 Å².